The number of carbonyl (C=O) groups is 2. The first-order chi connectivity index (χ1) is 13.2. The minimum atomic E-state index is -3.60. The van der Waals surface area contributed by atoms with Gasteiger partial charge in [-0.05, 0) is 50.2 Å². The Morgan fingerprint density at radius 1 is 0.964 bits per heavy atom. The molecular weight excluding hydrogens is 376 g/mol. The molecule has 2 heterocycles. The first kappa shape index (κ1) is 21.0. The monoisotopic (exact) mass is 406 g/mol. The van der Waals surface area contributed by atoms with Crippen molar-refractivity contribution in [1.82, 2.24) is 9.21 Å². The smallest absolute Gasteiger partial charge is 0.243 e. The number of nitrogens with zero attached hydrogens (tertiary/aromatic N) is 2. The Labute approximate surface area is 167 Å². The maximum atomic E-state index is 12.9. The van der Waals surface area contributed by atoms with E-state index in [1.807, 2.05) is 4.90 Å². The van der Waals surface area contributed by atoms with Crippen LogP contribution in [-0.2, 0) is 14.8 Å². The van der Waals surface area contributed by atoms with Gasteiger partial charge in [0, 0.05) is 37.7 Å². The number of amides is 1. The highest BCUT2D eigenvalue weighted by Crippen LogP contribution is 2.28. The van der Waals surface area contributed by atoms with Crippen molar-refractivity contribution in [1.29, 1.82) is 0 Å². The lowest BCUT2D eigenvalue weighted by atomic mass is 9.89. The molecule has 0 aromatic heterocycles. The Hall–Kier alpha value is -1.73. The molecule has 2 aliphatic rings. The Balaban J connectivity index is 1.62. The number of sulfonamides is 1. The Morgan fingerprint density at radius 3 is 2.00 bits per heavy atom. The molecule has 0 saturated carbocycles. The normalized spacial score (nSPS) is 24.9. The largest absolute Gasteiger partial charge is 0.342 e. The number of likely N-dealkylation sites (tertiary alicyclic amines) is 1. The van der Waals surface area contributed by atoms with Gasteiger partial charge in [-0.15, -0.1) is 0 Å². The number of hydrogen-bond donors (Lipinski definition) is 0. The Morgan fingerprint density at radius 2 is 1.50 bits per heavy atom. The van der Waals surface area contributed by atoms with Crippen molar-refractivity contribution >= 4 is 21.7 Å². The van der Waals surface area contributed by atoms with E-state index in [4.69, 9.17) is 0 Å². The van der Waals surface area contributed by atoms with E-state index in [1.165, 1.54) is 23.4 Å². The van der Waals surface area contributed by atoms with Gasteiger partial charge in [0.2, 0.25) is 15.9 Å². The van der Waals surface area contributed by atoms with Crippen molar-refractivity contribution in [2.45, 2.75) is 44.9 Å². The molecule has 2 atom stereocenters. The van der Waals surface area contributed by atoms with Gasteiger partial charge in [-0.3, -0.25) is 9.59 Å². The average molecular weight is 407 g/mol. The summed E-state index contributed by atoms with van der Waals surface area (Å²) in [5.41, 5.74) is 0.494. The molecule has 0 aliphatic carbocycles. The molecule has 154 valence electrons. The van der Waals surface area contributed by atoms with Gasteiger partial charge < -0.3 is 4.90 Å². The molecule has 0 bridgehead atoms. The predicted octanol–water partition coefficient (Wildman–Crippen LogP) is 2.79. The quantitative estimate of drug-likeness (QED) is 0.721. The van der Waals surface area contributed by atoms with E-state index in [0.29, 0.717) is 43.3 Å². The van der Waals surface area contributed by atoms with Crippen LogP contribution in [0, 0.1) is 17.8 Å². The molecule has 1 aromatic rings. The van der Waals surface area contributed by atoms with Gasteiger partial charge in [0.05, 0.1) is 4.90 Å². The molecule has 3 rings (SSSR count). The molecule has 7 heteroatoms. The molecule has 2 fully saturated rings. The van der Waals surface area contributed by atoms with Crippen molar-refractivity contribution in [3.8, 4) is 0 Å². The second-order valence-corrected chi connectivity index (χ2v) is 10.4. The van der Waals surface area contributed by atoms with Gasteiger partial charge in [0.25, 0.3) is 0 Å². The summed E-state index contributed by atoms with van der Waals surface area (Å²) in [5, 5.41) is 0. The summed E-state index contributed by atoms with van der Waals surface area (Å²) in [6.45, 7) is 8.15. The number of piperidine rings is 2. The first-order valence-corrected chi connectivity index (χ1v) is 11.5. The highest BCUT2D eigenvalue weighted by Gasteiger charge is 2.35. The number of rotatable bonds is 4. The van der Waals surface area contributed by atoms with Crippen molar-refractivity contribution in [2.75, 3.05) is 26.2 Å². The standard InChI is InChI=1S/C21H30N2O4S/c1-15-12-16(2)14-22(13-15)21(25)19-8-10-23(11-9-19)28(26,27)20-6-4-18(5-7-20)17(3)24/h4-7,15-16,19H,8-14H2,1-3H3. The topological polar surface area (TPSA) is 74.8 Å². The first-order valence-electron chi connectivity index (χ1n) is 10.1. The number of hydrogen-bond acceptors (Lipinski definition) is 4. The van der Waals surface area contributed by atoms with Crippen LogP contribution >= 0.6 is 0 Å². The summed E-state index contributed by atoms with van der Waals surface area (Å²) in [6.07, 6.45) is 2.27. The molecule has 2 unspecified atom stereocenters. The summed E-state index contributed by atoms with van der Waals surface area (Å²) in [7, 11) is -3.60. The van der Waals surface area contributed by atoms with E-state index in [1.54, 1.807) is 12.1 Å². The SMILES string of the molecule is CC(=O)c1ccc(S(=O)(=O)N2CCC(C(=O)N3CC(C)CC(C)C3)CC2)cc1. The van der Waals surface area contributed by atoms with Gasteiger partial charge in [-0.2, -0.15) is 4.31 Å². The second kappa shape index (κ2) is 8.33. The van der Waals surface area contributed by atoms with Crippen LogP contribution in [0.4, 0.5) is 0 Å². The van der Waals surface area contributed by atoms with Gasteiger partial charge in [-0.25, -0.2) is 8.42 Å². The molecule has 2 saturated heterocycles. The number of Topliss-reactive ketones (excluding diaryl/α,β-unsaturated/α-hetero) is 1. The zero-order valence-corrected chi connectivity index (χ0v) is 17.7. The molecule has 1 amide bonds. The molecule has 1 aromatic carbocycles. The molecule has 2 aliphatic heterocycles. The fourth-order valence-corrected chi connectivity index (χ4v) is 5.92. The summed E-state index contributed by atoms with van der Waals surface area (Å²) >= 11 is 0. The molecule has 0 radical (unpaired) electrons. The molecule has 0 N–H and O–H groups in total. The van der Waals surface area contributed by atoms with Crippen LogP contribution in [0.15, 0.2) is 29.2 Å². The molecule has 6 nitrogen and oxygen atoms in total. The third-order valence-electron chi connectivity index (χ3n) is 5.88. The zero-order valence-electron chi connectivity index (χ0n) is 16.9. The number of ketones is 1. The van der Waals surface area contributed by atoms with E-state index in [2.05, 4.69) is 13.8 Å². The predicted molar refractivity (Wildman–Crippen MR) is 107 cm³/mol. The summed E-state index contributed by atoms with van der Waals surface area (Å²) in [6, 6.07) is 6.06. The highest BCUT2D eigenvalue weighted by molar-refractivity contribution is 7.89. The van der Waals surface area contributed by atoms with Gasteiger partial charge in [-0.1, -0.05) is 26.0 Å². The van der Waals surface area contributed by atoms with E-state index < -0.39 is 10.0 Å². The van der Waals surface area contributed by atoms with E-state index in [9.17, 15) is 18.0 Å². The number of carbonyl (C=O) groups excluding carboxylic acids is 2. The Kier molecular flexibility index (Phi) is 6.25. The summed E-state index contributed by atoms with van der Waals surface area (Å²) < 4.78 is 27.2. The third-order valence-corrected chi connectivity index (χ3v) is 7.80. The lowest BCUT2D eigenvalue weighted by Crippen LogP contribution is -2.48. The van der Waals surface area contributed by atoms with Crippen LogP contribution in [0.1, 0.15) is 50.4 Å². The highest BCUT2D eigenvalue weighted by atomic mass is 32.2. The molecular formula is C21H30N2O4S. The Bertz CT molecular complexity index is 816. The average Bonchev–Trinajstić information content (AvgIpc) is 2.67. The van der Waals surface area contributed by atoms with Crippen molar-refractivity contribution in [3.63, 3.8) is 0 Å². The van der Waals surface area contributed by atoms with Crippen LogP contribution in [0.3, 0.4) is 0 Å². The van der Waals surface area contributed by atoms with E-state index in [0.717, 1.165) is 19.5 Å². The fourth-order valence-electron chi connectivity index (χ4n) is 4.45. The maximum absolute atomic E-state index is 12.9. The lowest BCUT2D eigenvalue weighted by molar-refractivity contribution is -0.139. The van der Waals surface area contributed by atoms with Crippen molar-refractivity contribution in [3.05, 3.63) is 29.8 Å². The van der Waals surface area contributed by atoms with E-state index >= 15 is 0 Å². The summed E-state index contributed by atoms with van der Waals surface area (Å²) in [4.78, 5) is 26.5. The van der Waals surface area contributed by atoms with Crippen LogP contribution in [0.5, 0.6) is 0 Å². The molecule has 28 heavy (non-hydrogen) atoms. The minimum Gasteiger partial charge on any atom is -0.342 e. The van der Waals surface area contributed by atoms with Crippen LogP contribution in [0.2, 0.25) is 0 Å². The lowest BCUT2D eigenvalue weighted by Gasteiger charge is -2.39. The number of benzene rings is 1. The minimum absolute atomic E-state index is 0.0929. The second-order valence-electron chi connectivity index (χ2n) is 8.45. The van der Waals surface area contributed by atoms with Gasteiger partial charge >= 0.3 is 0 Å². The van der Waals surface area contributed by atoms with Crippen LogP contribution < -0.4 is 0 Å². The van der Waals surface area contributed by atoms with Gasteiger partial charge in [0.15, 0.2) is 5.78 Å². The van der Waals surface area contributed by atoms with Crippen molar-refractivity contribution in [2.24, 2.45) is 17.8 Å². The van der Waals surface area contributed by atoms with Crippen molar-refractivity contribution < 1.29 is 18.0 Å². The van der Waals surface area contributed by atoms with Crippen LogP contribution in [0.25, 0.3) is 0 Å². The van der Waals surface area contributed by atoms with Gasteiger partial charge in [0.1, 0.15) is 0 Å². The fraction of sp³-hybridized carbons (Fsp3) is 0.619. The summed E-state index contributed by atoms with van der Waals surface area (Å²) in [5.74, 6) is 1.03. The molecule has 0 spiro atoms. The third kappa shape index (κ3) is 4.46. The van der Waals surface area contributed by atoms with Crippen LogP contribution in [-0.4, -0.2) is 55.5 Å². The van der Waals surface area contributed by atoms with E-state index in [-0.39, 0.29) is 22.5 Å². The zero-order chi connectivity index (χ0) is 20.5. The maximum Gasteiger partial charge on any atom is 0.243 e.